The molecule has 0 atom stereocenters. The monoisotopic (exact) mass is 238 g/mol. The molecule has 0 fully saturated rings. The van der Waals surface area contributed by atoms with E-state index in [1.54, 1.807) is 0 Å². The molecule has 5 heteroatoms. The average Bonchev–Trinajstić information content (AvgIpc) is 2.18. The lowest BCUT2D eigenvalue weighted by Crippen LogP contribution is -2.02. The number of rotatable bonds is 10. The van der Waals surface area contributed by atoms with Crippen LogP contribution in [0.1, 0.15) is 33.6 Å². The minimum atomic E-state index is -2.82. The minimum Gasteiger partial charge on any atom is -0.382 e. The minimum absolute atomic E-state index is 0.433. The molecule has 0 aliphatic rings. The molecule has 92 valence electrons. The lowest BCUT2D eigenvalue weighted by Gasteiger charge is -2.16. The molecular formula is C10H23O4P. The Morgan fingerprint density at radius 2 is 1.53 bits per heavy atom. The van der Waals surface area contributed by atoms with E-state index in [4.69, 9.17) is 13.8 Å². The summed E-state index contributed by atoms with van der Waals surface area (Å²) in [6, 6.07) is 0. The summed E-state index contributed by atoms with van der Waals surface area (Å²) in [5.74, 6) is 0. The maximum Gasteiger partial charge on any atom is 0.330 e. The molecule has 4 nitrogen and oxygen atoms in total. The number of unbranched alkanes of at least 4 members (excludes halogenated alkanes) is 1. The Morgan fingerprint density at radius 1 is 0.933 bits per heavy atom. The van der Waals surface area contributed by atoms with Gasteiger partial charge in [-0.1, -0.05) is 0 Å². The van der Waals surface area contributed by atoms with Crippen molar-refractivity contribution in [1.82, 2.24) is 0 Å². The van der Waals surface area contributed by atoms with Crippen LogP contribution in [0, 0.1) is 0 Å². The highest BCUT2D eigenvalue weighted by Gasteiger charge is 2.22. The fourth-order valence-corrected chi connectivity index (χ4v) is 2.94. The molecule has 0 saturated heterocycles. The molecule has 0 bridgehead atoms. The van der Waals surface area contributed by atoms with Gasteiger partial charge >= 0.3 is 7.60 Å². The Bertz CT molecular complexity index is 174. The zero-order valence-electron chi connectivity index (χ0n) is 10.0. The normalized spacial score (nSPS) is 11.9. The molecule has 0 saturated carbocycles. The molecule has 0 spiro atoms. The van der Waals surface area contributed by atoms with Crippen LogP contribution in [0.15, 0.2) is 0 Å². The summed E-state index contributed by atoms with van der Waals surface area (Å²) in [5.41, 5.74) is 0. The number of hydrogen-bond acceptors (Lipinski definition) is 4. The van der Waals surface area contributed by atoms with Crippen molar-refractivity contribution in [2.45, 2.75) is 33.6 Å². The molecule has 15 heavy (non-hydrogen) atoms. The third-order valence-electron chi connectivity index (χ3n) is 1.83. The molecular weight excluding hydrogens is 215 g/mol. The SMILES string of the molecule is CCOCCCCP(=O)(OCC)OCC. The van der Waals surface area contributed by atoms with Crippen LogP contribution in [-0.4, -0.2) is 32.6 Å². The van der Waals surface area contributed by atoms with Crippen molar-refractivity contribution in [1.29, 1.82) is 0 Å². The molecule has 0 N–H and O–H groups in total. The van der Waals surface area contributed by atoms with Crippen LogP contribution < -0.4 is 0 Å². The summed E-state index contributed by atoms with van der Waals surface area (Å²) in [6.07, 6.45) is 2.21. The molecule has 0 radical (unpaired) electrons. The first-order valence-corrected chi connectivity index (χ1v) is 7.37. The highest BCUT2D eigenvalue weighted by atomic mass is 31.2. The van der Waals surface area contributed by atoms with Gasteiger partial charge in [-0.15, -0.1) is 0 Å². The third-order valence-corrected chi connectivity index (χ3v) is 3.99. The maximum atomic E-state index is 12.0. The van der Waals surface area contributed by atoms with Crippen molar-refractivity contribution in [3.05, 3.63) is 0 Å². The van der Waals surface area contributed by atoms with Gasteiger partial charge in [0.25, 0.3) is 0 Å². The molecule has 0 aromatic heterocycles. The van der Waals surface area contributed by atoms with E-state index in [0.717, 1.165) is 26.1 Å². The van der Waals surface area contributed by atoms with E-state index in [9.17, 15) is 4.57 Å². The van der Waals surface area contributed by atoms with Gasteiger partial charge in [0.05, 0.1) is 19.4 Å². The van der Waals surface area contributed by atoms with Gasteiger partial charge in [0, 0.05) is 13.2 Å². The van der Waals surface area contributed by atoms with Gasteiger partial charge in [-0.25, -0.2) is 0 Å². The van der Waals surface area contributed by atoms with Gasteiger partial charge in [0.15, 0.2) is 0 Å². The first kappa shape index (κ1) is 15.1. The van der Waals surface area contributed by atoms with Gasteiger partial charge in [0.2, 0.25) is 0 Å². The predicted molar refractivity (Wildman–Crippen MR) is 61.5 cm³/mol. The first-order valence-electron chi connectivity index (χ1n) is 5.64. The Morgan fingerprint density at radius 3 is 2.00 bits per heavy atom. The Labute approximate surface area is 92.8 Å². The van der Waals surface area contributed by atoms with Crippen LogP contribution in [0.4, 0.5) is 0 Å². The Balaban J connectivity index is 3.71. The van der Waals surface area contributed by atoms with E-state index in [1.807, 2.05) is 20.8 Å². The van der Waals surface area contributed by atoms with Crippen LogP contribution in [-0.2, 0) is 18.3 Å². The van der Waals surface area contributed by atoms with Gasteiger partial charge in [-0.2, -0.15) is 0 Å². The Kier molecular flexibility index (Phi) is 9.41. The van der Waals surface area contributed by atoms with Gasteiger partial charge in [-0.05, 0) is 33.6 Å². The second kappa shape index (κ2) is 9.34. The van der Waals surface area contributed by atoms with Crippen LogP contribution in [0.5, 0.6) is 0 Å². The van der Waals surface area contributed by atoms with Crippen LogP contribution >= 0.6 is 7.60 Å². The molecule has 0 aliphatic carbocycles. The maximum absolute atomic E-state index is 12.0. The quantitative estimate of drug-likeness (QED) is 0.433. The van der Waals surface area contributed by atoms with Gasteiger partial charge in [0.1, 0.15) is 0 Å². The summed E-state index contributed by atoms with van der Waals surface area (Å²) in [7, 11) is -2.82. The van der Waals surface area contributed by atoms with Crippen molar-refractivity contribution in [2.24, 2.45) is 0 Å². The molecule has 0 aromatic carbocycles. The van der Waals surface area contributed by atoms with E-state index in [-0.39, 0.29) is 0 Å². The zero-order chi connectivity index (χ0) is 11.6. The smallest absolute Gasteiger partial charge is 0.330 e. The summed E-state index contributed by atoms with van der Waals surface area (Å²) in [4.78, 5) is 0. The lowest BCUT2D eigenvalue weighted by molar-refractivity contribution is 0.144. The van der Waals surface area contributed by atoms with Crippen molar-refractivity contribution < 1.29 is 18.3 Å². The first-order chi connectivity index (χ1) is 7.18. The van der Waals surface area contributed by atoms with Crippen molar-refractivity contribution in [3.8, 4) is 0 Å². The van der Waals surface area contributed by atoms with Crippen molar-refractivity contribution >= 4 is 7.60 Å². The van der Waals surface area contributed by atoms with Gasteiger partial charge < -0.3 is 13.8 Å². The van der Waals surface area contributed by atoms with Crippen molar-refractivity contribution in [3.63, 3.8) is 0 Å². The summed E-state index contributed by atoms with van der Waals surface area (Å²) >= 11 is 0. The Hall–Kier alpha value is 0.110. The standard InChI is InChI=1S/C10H23O4P/c1-4-12-9-7-8-10-15(11,13-5-2)14-6-3/h4-10H2,1-3H3. The molecule has 0 aliphatic heterocycles. The van der Waals surface area contributed by atoms with Crippen LogP contribution in [0.2, 0.25) is 0 Å². The molecule has 0 heterocycles. The summed E-state index contributed by atoms with van der Waals surface area (Å²) in [6.45, 7) is 7.93. The van der Waals surface area contributed by atoms with E-state index < -0.39 is 7.60 Å². The largest absolute Gasteiger partial charge is 0.382 e. The third kappa shape index (κ3) is 7.97. The van der Waals surface area contributed by atoms with E-state index in [1.165, 1.54) is 0 Å². The number of hydrogen-bond donors (Lipinski definition) is 0. The molecule has 0 aromatic rings. The predicted octanol–water partition coefficient (Wildman–Crippen LogP) is 3.07. The zero-order valence-corrected chi connectivity index (χ0v) is 10.9. The molecule has 0 unspecified atom stereocenters. The highest BCUT2D eigenvalue weighted by molar-refractivity contribution is 7.53. The highest BCUT2D eigenvalue weighted by Crippen LogP contribution is 2.48. The topological polar surface area (TPSA) is 44.8 Å². The van der Waals surface area contributed by atoms with Crippen molar-refractivity contribution in [2.75, 3.05) is 32.6 Å². The van der Waals surface area contributed by atoms with E-state index in [0.29, 0.717) is 19.4 Å². The van der Waals surface area contributed by atoms with E-state index >= 15 is 0 Å². The molecule has 0 amide bonds. The number of ether oxygens (including phenoxy) is 1. The second-order valence-electron chi connectivity index (χ2n) is 3.07. The van der Waals surface area contributed by atoms with E-state index in [2.05, 4.69) is 0 Å². The lowest BCUT2D eigenvalue weighted by atomic mass is 10.4. The summed E-state index contributed by atoms with van der Waals surface area (Å²) < 4.78 is 27.5. The fraction of sp³-hybridized carbons (Fsp3) is 1.00. The van der Waals surface area contributed by atoms with Crippen LogP contribution in [0.25, 0.3) is 0 Å². The summed E-state index contributed by atoms with van der Waals surface area (Å²) in [5, 5.41) is 0. The van der Waals surface area contributed by atoms with Gasteiger partial charge in [-0.3, -0.25) is 4.57 Å². The second-order valence-corrected chi connectivity index (χ2v) is 5.26. The van der Waals surface area contributed by atoms with Crippen LogP contribution in [0.3, 0.4) is 0 Å². The molecule has 0 rings (SSSR count). The average molecular weight is 238 g/mol. The fourth-order valence-electron chi connectivity index (χ4n) is 1.21.